The summed E-state index contributed by atoms with van der Waals surface area (Å²) in [5, 5.41) is 8.46. The molecule has 0 aliphatic rings. The van der Waals surface area contributed by atoms with Crippen LogP contribution in [0.1, 0.15) is 0 Å². The van der Waals surface area contributed by atoms with Crippen molar-refractivity contribution in [3.8, 4) is 5.75 Å². The van der Waals surface area contributed by atoms with Crippen LogP contribution in [0.4, 0.5) is 0 Å². The average Bonchev–Trinajstić information content (AvgIpc) is 2.14. The second-order valence-corrected chi connectivity index (χ2v) is 3.94. The van der Waals surface area contributed by atoms with Crippen molar-refractivity contribution in [1.82, 2.24) is 0 Å². The minimum atomic E-state index is -4.19. The predicted molar refractivity (Wildman–Crippen MR) is 48.8 cm³/mol. The van der Waals surface area contributed by atoms with Crippen molar-refractivity contribution in [2.45, 2.75) is 4.90 Å². The molecule has 1 rings (SSSR count). The van der Waals surface area contributed by atoms with E-state index in [9.17, 15) is 8.42 Å². The van der Waals surface area contributed by atoms with Gasteiger partial charge in [-0.15, -0.1) is 0 Å². The van der Waals surface area contributed by atoms with Crippen molar-refractivity contribution in [3.05, 3.63) is 24.3 Å². The van der Waals surface area contributed by atoms with Crippen molar-refractivity contribution >= 4 is 10.1 Å². The van der Waals surface area contributed by atoms with E-state index in [1.807, 2.05) is 0 Å². The van der Waals surface area contributed by atoms with Gasteiger partial charge in [0.2, 0.25) is 0 Å². The third-order valence-electron chi connectivity index (χ3n) is 1.46. The van der Waals surface area contributed by atoms with E-state index in [1.165, 1.54) is 24.3 Å². The van der Waals surface area contributed by atoms with Gasteiger partial charge < -0.3 is 9.84 Å². The van der Waals surface area contributed by atoms with Gasteiger partial charge in [-0.05, 0) is 12.1 Å². The van der Waals surface area contributed by atoms with Gasteiger partial charge in [0.25, 0.3) is 10.1 Å². The molecule has 0 atom stereocenters. The molecule has 14 heavy (non-hydrogen) atoms. The number of ether oxygens (including phenoxy) is 1. The first-order valence-corrected chi connectivity index (χ1v) is 5.29. The fourth-order valence-corrected chi connectivity index (χ4v) is 1.40. The van der Waals surface area contributed by atoms with Crippen molar-refractivity contribution in [3.63, 3.8) is 0 Å². The Morgan fingerprint density at radius 2 is 2.07 bits per heavy atom. The quantitative estimate of drug-likeness (QED) is 0.710. The highest BCUT2D eigenvalue weighted by Crippen LogP contribution is 2.16. The highest BCUT2D eigenvalue weighted by Gasteiger charge is 2.09. The number of benzene rings is 1. The zero-order chi connectivity index (χ0) is 10.6. The summed E-state index contributed by atoms with van der Waals surface area (Å²) in [5.74, 6) is 0.286. The van der Waals surface area contributed by atoms with Gasteiger partial charge in [-0.25, -0.2) is 0 Å². The SMILES string of the molecule is O=S(=O)(O)c1cccc(OCCO)c1. The van der Waals surface area contributed by atoms with E-state index < -0.39 is 10.1 Å². The summed E-state index contributed by atoms with van der Waals surface area (Å²) < 4.78 is 35.1. The van der Waals surface area contributed by atoms with E-state index in [0.29, 0.717) is 0 Å². The van der Waals surface area contributed by atoms with Gasteiger partial charge in [0.05, 0.1) is 11.5 Å². The Kier molecular flexibility index (Phi) is 3.45. The molecule has 0 spiro atoms. The lowest BCUT2D eigenvalue weighted by Crippen LogP contribution is -2.03. The van der Waals surface area contributed by atoms with Gasteiger partial charge in [0, 0.05) is 6.07 Å². The van der Waals surface area contributed by atoms with Gasteiger partial charge in [-0.3, -0.25) is 4.55 Å². The van der Waals surface area contributed by atoms with Gasteiger partial charge in [0.15, 0.2) is 0 Å². The van der Waals surface area contributed by atoms with Gasteiger partial charge in [-0.1, -0.05) is 6.07 Å². The molecule has 0 unspecified atom stereocenters. The zero-order valence-corrected chi connectivity index (χ0v) is 8.07. The maximum atomic E-state index is 10.7. The van der Waals surface area contributed by atoms with E-state index in [1.54, 1.807) is 0 Å². The van der Waals surface area contributed by atoms with E-state index in [4.69, 9.17) is 14.4 Å². The maximum absolute atomic E-state index is 10.7. The topological polar surface area (TPSA) is 83.8 Å². The molecule has 6 heteroatoms. The van der Waals surface area contributed by atoms with Crippen LogP contribution in [0, 0.1) is 0 Å². The Morgan fingerprint density at radius 1 is 1.36 bits per heavy atom. The Bertz CT molecular complexity index is 398. The third kappa shape index (κ3) is 2.99. The Balaban J connectivity index is 2.90. The van der Waals surface area contributed by atoms with Crippen LogP contribution in [-0.4, -0.2) is 31.3 Å². The van der Waals surface area contributed by atoms with E-state index >= 15 is 0 Å². The summed E-state index contributed by atoms with van der Waals surface area (Å²) in [4.78, 5) is -0.229. The van der Waals surface area contributed by atoms with Gasteiger partial charge in [0.1, 0.15) is 12.4 Å². The molecule has 78 valence electrons. The minimum Gasteiger partial charge on any atom is -0.491 e. The van der Waals surface area contributed by atoms with E-state index in [-0.39, 0.29) is 23.9 Å². The first-order chi connectivity index (χ1) is 6.54. The molecule has 0 fully saturated rings. The Hall–Kier alpha value is -1.11. The lowest BCUT2D eigenvalue weighted by molar-refractivity contribution is 0.201. The summed E-state index contributed by atoms with van der Waals surface area (Å²) >= 11 is 0. The minimum absolute atomic E-state index is 0.0783. The first kappa shape index (κ1) is 11.0. The van der Waals surface area contributed by atoms with Crippen LogP contribution >= 0.6 is 0 Å². The number of rotatable bonds is 4. The third-order valence-corrected chi connectivity index (χ3v) is 2.31. The van der Waals surface area contributed by atoms with Gasteiger partial charge >= 0.3 is 0 Å². The lowest BCUT2D eigenvalue weighted by atomic mass is 10.3. The second-order valence-electron chi connectivity index (χ2n) is 2.52. The van der Waals surface area contributed by atoms with Crippen LogP contribution in [0.15, 0.2) is 29.2 Å². The van der Waals surface area contributed by atoms with Crippen LogP contribution in [0.3, 0.4) is 0 Å². The fourth-order valence-electron chi connectivity index (χ4n) is 0.888. The molecule has 0 saturated carbocycles. The first-order valence-electron chi connectivity index (χ1n) is 3.85. The number of hydrogen-bond donors (Lipinski definition) is 2. The van der Waals surface area contributed by atoms with Crippen LogP contribution < -0.4 is 4.74 Å². The largest absolute Gasteiger partial charge is 0.491 e. The average molecular weight is 218 g/mol. The number of aliphatic hydroxyl groups excluding tert-OH is 1. The molecule has 0 aliphatic heterocycles. The molecule has 0 bridgehead atoms. The standard InChI is InChI=1S/C8H10O5S/c9-4-5-13-7-2-1-3-8(6-7)14(10,11)12/h1-3,6,9H,4-5H2,(H,10,11,12). The van der Waals surface area contributed by atoms with Crippen LogP contribution in [0.5, 0.6) is 5.75 Å². The molecule has 2 N–H and O–H groups in total. The van der Waals surface area contributed by atoms with Crippen LogP contribution in [-0.2, 0) is 10.1 Å². The molecular weight excluding hydrogens is 208 g/mol. The van der Waals surface area contributed by atoms with Crippen molar-refractivity contribution in [1.29, 1.82) is 0 Å². The van der Waals surface area contributed by atoms with Crippen LogP contribution in [0.25, 0.3) is 0 Å². The smallest absolute Gasteiger partial charge is 0.294 e. The summed E-state index contributed by atoms with van der Waals surface area (Å²) in [6, 6.07) is 5.41. The van der Waals surface area contributed by atoms with Gasteiger partial charge in [-0.2, -0.15) is 8.42 Å². The molecule has 1 aromatic rings. The molecule has 0 aliphatic carbocycles. The maximum Gasteiger partial charge on any atom is 0.294 e. The molecule has 0 heterocycles. The highest BCUT2D eigenvalue weighted by molar-refractivity contribution is 7.85. The number of hydrogen-bond acceptors (Lipinski definition) is 4. The predicted octanol–water partition coefficient (Wildman–Crippen LogP) is 0.304. The normalized spacial score (nSPS) is 11.3. The second kappa shape index (κ2) is 4.41. The van der Waals surface area contributed by atoms with Crippen molar-refractivity contribution in [2.75, 3.05) is 13.2 Å². The number of aliphatic hydroxyl groups is 1. The summed E-state index contributed by atoms with van der Waals surface area (Å²) in [5.41, 5.74) is 0. The molecule has 5 nitrogen and oxygen atoms in total. The fraction of sp³-hybridized carbons (Fsp3) is 0.250. The highest BCUT2D eigenvalue weighted by atomic mass is 32.2. The Labute approximate surface area is 81.7 Å². The molecule has 1 aromatic carbocycles. The van der Waals surface area contributed by atoms with Crippen molar-refractivity contribution in [2.24, 2.45) is 0 Å². The molecule has 0 aromatic heterocycles. The molecule has 0 amide bonds. The zero-order valence-electron chi connectivity index (χ0n) is 7.25. The summed E-state index contributed by atoms with van der Waals surface area (Å²) in [6.45, 7) is -0.0783. The monoisotopic (exact) mass is 218 g/mol. The van der Waals surface area contributed by atoms with E-state index in [0.717, 1.165) is 0 Å². The van der Waals surface area contributed by atoms with Crippen LogP contribution in [0.2, 0.25) is 0 Å². The van der Waals surface area contributed by atoms with E-state index in [2.05, 4.69) is 0 Å². The molecule has 0 radical (unpaired) electrons. The molecular formula is C8H10O5S. The molecule has 0 saturated heterocycles. The summed E-state index contributed by atoms with van der Waals surface area (Å²) in [6.07, 6.45) is 0. The van der Waals surface area contributed by atoms with Crippen molar-refractivity contribution < 1.29 is 22.8 Å². The summed E-state index contributed by atoms with van der Waals surface area (Å²) in [7, 11) is -4.19. The lowest BCUT2D eigenvalue weighted by Gasteiger charge is -2.04. The Morgan fingerprint density at radius 3 is 2.64 bits per heavy atom.